The lowest BCUT2D eigenvalue weighted by atomic mass is 9.78. The molecule has 478 valence electrons. The number of benzene rings is 4. The van der Waals surface area contributed by atoms with Crippen LogP contribution >= 0.6 is 0 Å². The molecule has 2 aliphatic heterocycles. The lowest BCUT2D eigenvalue weighted by Gasteiger charge is -2.26. The number of terminal acetylenes is 2. The van der Waals surface area contributed by atoms with Crippen LogP contribution in [-0.2, 0) is 21.7 Å². The molecule has 2 atom stereocenters. The summed E-state index contributed by atoms with van der Waals surface area (Å²) in [5, 5.41) is 0. The normalized spacial score (nSPS) is 13.2. The lowest BCUT2D eigenvalue weighted by molar-refractivity contribution is 0.264. The first kappa shape index (κ1) is 68.1. The highest BCUT2D eigenvalue weighted by molar-refractivity contribution is 5.98. The summed E-state index contributed by atoms with van der Waals surface area (Å²) in [4.78, 5) is 19.5. The highest BCUT2D eigenvalue weighted by Crippen LogP contribution is 2.43. The van der Waals surface area contributed by atoms with E-state index in [1.54, 1.807) is 0 Å². The monoisotopic (exact) mass is 1220 g/mol. The Morgan fingerprint density at radius 2 is 0.739 bits per heavy atom. The molecule has 8 bridgehead atoms. The minimum Gasteiger partial charge on any atom is -0.493 e. The van der Waals surface area contributed by atoms with Crippen LogP contribution in [0, 0.1) is 60.2 Å². The molecule has 9 rings (SSSR count). The molecule has 0 saturated carbocycles. The van der Waals surface area contributed by atoms with Crippen molar-refractivity contribution in [1.29, 1.82) is 0 Å². The second-order valence-electron chi connectivity index (χ2n) is 31.3. The van der Waals surface area contributed by atoms with E-state index in [0.717, 1.165) is 108 Å². The summed E-state index contributed by atoms with van der Waals surface area (Å²) in [6.07, 6.45) is 29.8. The fourth-order valence-electron chi connectivity index (χ4n) is 12.2. The number of nitrogens with zero attached hydrogens (tertiary/aromatic N) is 2. The van der Waals surface area contributed by atoms with Crippen LogP contribution in [0.1, 0.15) is 243 Å². The van der Waals surface area contributed by atoms with E-state index in [1.165, 1.54) is 60.8 Å². The predicted molar refractivity (Wildman–Crippen MR) is 394 cm³/mol. The summed E-state index contributed by atoms with van der Waals surface area (Å²) in [5.41, 5.74) is 19.8. The van der Waals surface area contributed by atoms with Crippen LogP contribution in [0.2, 0.25) is 0 Å². The number of ether oxygens (including phenoxy) is 2. The maximum absolute atomic E-state index is 6.88. The molecular formula is C86H102N4O2. The summed E-state index contributed by atoms with van der Waals surface area (Å²) < 4.78 is 13.8. The van der Waals surface area contributed by atoms with Gasteiger partial charge in [0.05, 0.1) is 47.1 Å². The van der Waals surface area contributed by atoms with Gasteiger partial charge >= 0.3 is 0 Å². The molecule has 6 nitrogen and oxygen atoms in total. The summed E-state index contributed by atoms with van der Waals surface area (Å²) >= 11 is 0. The van der Waals surface area contributed by atoms with Crippen molar-refractivity contribution in [2.45, 2.75) is 198 Å². The average Bonchev–Trinajstić information content (AvgIpc) is 1.51. The first-order chi connectivity index (χ1) is 43.4. The molecule has 0 fully saturated rings. The van der Waals surface area contributed by atoms with Gasteiger partial charge in [0.15, 0.2) is 0 Å². The van der Waals surface area contributed by atoms with Crippen LogP contribution < -0.4 is 9.47 Å². The number of aromatic nitrogens is 4. The Balaban J connectivity index is 1.39. The summed E-state index contributed by atoms with van der Waals surface area (Å²) in [6.45, 7) is 42.7. The van der Waals surface area contributed by atoms with Gasteiger partial charge in [-0.2, -0.15) is 0 Å². The van der Waals surface area contributed by atoms with Crippen LogP contribution in [0.25, 0.3) is 79.8 Å². The fourth-order valence-corrected chi connectivity index (χ4v) is 12.2. The molecule has 7 aromatic rings. The Kier molecular flexibility index (Phi) is 21.0. The molecule has 0 aliphatic carbocycles. The number of fused-ring (bicyclic) bond motifs is 8. The average molecular weight is 1220 g/mol. The van der Waals surface area contributed by atoms with E-state index in [4.69, 9.17) is 32.3 Å². The topological polar surface area (TPSA) is 75.8 Å². The number of H-pyrrole nitrogens is 2. The van der Waals surface area contributed by atoms with Gasteiger partial charge in [0.1, 0.15) is 11.5 Å². The van der Waals surface area contributed by atoms with Gasteiger partial charge < -0.3 is 19.4 Å². The second-order valence-corrected chi connectivity index (χ2v) is 31.3. The Labute approximate surface area is 553 Å². The molecule has 0 radical (unpaired) electrons. The number of nitrogens with one attached hydrogen (secondary N) is 2. The first-order valence-corrected chi connectivity index (χ1v) is 33.9. The molecule has 0 amide bonds. The number of aromatic amines is 2. The van der Waals surface area contributed by atoms with Gasteiger partial charge in [-0.15, -0.1) is 12.8 Å². The largest absolute Gasteiger partial charge is 0.493 e. The van der Waals surface area contributed by atoms with Gasteiger partial charge in [0.25, 0.3) is 0 Å². The quantitative estimate of drug-likeness (QED) is 0.0791. The van der Waals surface area contributed by atoms with E-state index in [9.17, 15) is 0 Å². The van der Waals surface area contributed by atoms with Gasteiger partial charge in [-0.3, -0.25) is 0 Å². The van der Waals surface area contributed by atoms with Crippen molar-refractivity contribution in [2.75, 3.05) is 13.2 Å². The van der Waals surface area contributed by atoms with Gasteiger partial charge in [-0.05, 0) is 176 Å². The Hall–Kier alpha value is -8.24. The SMILES string of the molecule is C#Cc1cc(C#C)cc(C#Cc2c3nc(c(-c4cc(C(C)(C)C)cc(C(C)(C)C)c4)c4ccc([nH]4)c(-c4cc(OCC[C@@H](C)CCCC(C)C)cc(OCC[C@@H](C)CCCC(C)C)c4)c4nc(c(-c5cc(C(C)(C)C)cc(C(C)(C)C)c5)c5ccc2[nH]5)C=C4)C=C3)c1. The molecular weight excluding hydrogens is 1120 g/mol. The highest BCUT2D eigenvalue weighted by atomic mass is 16.5. The standard InChI is InChI=1S/C86H102N4O2/c1-21-59-43-60(22-2)45-61(44-59)29-30-71-72-31-33-74(87-72)80(62-46-65(83(9,10)11)52-66(47-62)84(12,13)14)76-35-37-78(89-76)82(64-50-69(91-41-39-57(7)27-23-25-55(3)4)54-70(51-64)92-42-40-58(8)28-24-26-56(5)6)79-38-36-77(90-79)81(75-34-32-73(71)88-75)63-48-67(85(15,16)17)53-68(49-63)86(18,19)20/h1-2,31-38,43-58,87,90H,23-28,39-42H2,3-20H3/t57-,58-/m0/s1. The maximum atomic E-state index is 6.88. The lowest BCUT2D eigenvalue weighted by Crippen LogP contribution is -2.16. The Morgan fingerprint density at radius 1 is 0.391 bits per heavy atom. The summed E-state index contributed by atoms with van der Waals surface area (Å²) in [5.74, 6) is 16.7. The molecule has 6 heteroatoms. The third-order valence-electron chi connectivity index (χ3n) is 18.1. The van der Waals surface area contributed by atoms with Crippen molar-refractivity contribution >= 4 is 46.4 Å². The van der Waals surface area contributed by atoms with Crippen molar-refractivity contribution in [3.05, 3.63) is 164 Å². The van der Waals surface area contributed by atoms with E-state index in [1.807, 2.05) is 18.2 Å². The van der Waals surface area contributed by atoms with E-state index < -0.39 is 0 Å². The Morgan fingerprint density at radius 3 is 1.12 bits per heavy atom. The van der Waals surface area contributed by atoms with Gasteiger partial charge in [0.2, 0.25) is 0 Å². The molecule has 5 heterocycles. The summed E-state index contributed by atoms with van der Waals surface area (Å²) in [6, 6.07) is 35.1. The first-order valence-electron chi connectivity index (χ1n) is 33.9. The van der Waals surface area contributed by atoms with Gasteiger partial charge in [-0.1, -0.05) is 223 Å². The summed E-state index contributed by atoms with van der Waals surface area (Å²) in [7, 11) is 0. The predicted octanol–water partition coefficient (Wildman–Crippen LogP) is 22.7. The molecule has 92 heavy (non-hydrogen) atoms. The smallest absolute Gasteiger partial charge is 0.123 e. The van der Waals surface area contributed by atoms with Crippen molar-refractivity contribution in [3.8, 4) is 81.4 Å². The maximum Gasteiger partial charge on any atom is 0.123 e. The zero-order valence-electron chi connectivity index (χ0n) is 58.8. The number of rotatable bonds is 19. The van der Waals surface area contributed by atoms with Crippen molar-refractivity contribution in [2.24, 2.45) is 23.7 Å². The van der Waals surface area contributed by atoms with Crippen LogP contribution in [0.4, 0.5) is 0 Å². The third kappa shape index (κ3) is 17.1. The van der Waals surface area contributed by atoms with Gasteiger partial charge in [-0.25, -0.2) is 9.97 Å². The number of hydrogen-bond acceptors (Lipinski definition) is 4. The van der Waals surface area contributed by atoms with Crippen molar-refractivity contribution < 1.29 is 9.47 Å². The second kappa shape index (κ2) is 28.3. The van der Waals surface area contributed by atoms with Crippen molar-refractivity contribution in [1.82, 2.24) is 19.9 Å². The minimum atomic E-state index is -0.150. The third-order valence-corrected chi connectivity index (χ3v) is 18.1. The molecule has 2 N–H and O–H groups in total. The van der Waals surface area contributed by atoms with Crippen LogP contribution in [0.3, 0.4) is 0 Å². The minimum absolute atomic E-state index is 0.150. The van der Waals surface area contributed by atoms with Crippen LogP contribution in [0.15, 0.2) is 97.1 Å². The molecule has 0 spiro atoms. The van der Waals surface area contributed by atoms with E-state index >= 15 is 0 Å². The zero-order chi connectivity index (χ0) is 66.5. The molecule has 0 unspecified atom stereocenters. The van der Waals surface area contributed by atoms with Crippen LogP contribution in [-0.4, -0.2) is 33.1 Å². The molecule has 0 saturated heterocycles. The zero-order valence-corrected chi connectivity index (χ0v) is 58.8. The van der Waals surface area contributed by atoms with E-state index in [0.29, 0.717) is 53.6 Å². The molecule has 3 aromatic heterocycles. The fraction of sp³-hybridized carbons (Fsp3) is 0.419. The van der Waals surface area contributed by atoms with Crippen molar-refractivity contribution in [3.63, 3.8) is 0 Å². The Bertz CT molecular complexity index is 4020. The highest BCUT2D eigenvalue weighted by Gasteiger charge is 2.27. The molecule has 4 aromatic carbocycles. The van der Waals surface area contributed by atoms with E-state index in [2.05, 4.69) is 261 Å². The van der Waals surface area contributed by atoms with E-state index in [-0.39, 0.29) is 21.7 Å². The molecule has 2 aliphatic rings. The van der Waals surface area contributed by atoms with Crippen LogP contribution in [0.5, 0.6) is 11.5 Å². The number of hydrogen-bond donors (Lipinski definition) is 2. The van der Waals surface area contributed by atoms with Gasteiger partial charge in [0, 0.05) is 56.0 Å².